The van der Waals surface area contributed by atoms with Gasteiger partial charge in [0.1, 0.15) is 0 Å². The van der Waals surface area contributed by atoms with Gasteiger partial charge < -0.3 is 14.4 Å². The molecule has 2 unspecified atom stereocenters. The molecule has 0 aromatic heterocycles. The summed E-state index contributed by atoms with van der Waals surface area (Å²) < 4.78 is 12.9. The first-order valence-corrected chi connectivity index (χ1v) is 13.4. The molecule has 3 heterocycles. The van der Waals surface area contributed by atoms with E-state index in [0.29, 0.717) is 18.3 Å². The predicted octanol–water partition coefficient (Wildman–Crippen LogP) is 5.76. The fourth-order valence-corrected chi connectivity index (χ4v) is 7.30. The van der Waals surface area contributed by atoms with Crippen molar-refractivity contribution in [1.82, 2.24) is 9.80 Å². The number of hydrogen-bond donors (Lipinski definition) is 0. The molecule has 2 atom stereocenters. The van der Waals surface area contributed by atoms with Crippen LogP contribution in [0.4, 0.5) is 0 Å². The van der Waals surface area contributed by atoms with Gasteiger partial charge in [-0.3, -0.25) is 4.90 Å². The fraction of sp³-hybridized carbons (Fsp3) is 0.433. The Bertz CT molecular complexity index is 1190. The standard InChI is InChI=1S/C30H34N2O2S/c1-3-33-28(35)24-20-29(2)26(22-12-6-4-7-13-22)25(21-31-16-10-11-17-31)30(29)32(18-19-34-30)27(24)23-14-8-5-9-15-23/h4-9,12-15H,3,10-11,16-21H2,1-2H3. The lowest BCUT2D eigenvalue weighted by Crippen LogP contribution is -2.68. The molecule has 1 aliphatic carbocycles. The first-order valence-electron chi connectivity index (χ1n) is 13.0. The number of thiocarbonyl (C=S) groups is 1. The molecule has 0 radical (unpaired) electrons. The van der Waals surface area contributed by atoms with Gasteiger partial charge in [0.15, 0.2) is 10.8 Å². The van der Waals surface area contributed by atoms with Crippen LogP contribution in [-0.2, 0) is 9.47 Å². The highest BCUT2D eigenvalue weighted by Gasteiger charge is 2.70. The van der Waals surface area contributed by atoms with Crippen LogP contribution in [0, 0.1) is 5.41 Å². The van der Waals surface area contributed by atoms with Crippen LogP contribution in [-0.4, -0.2) is 60.0 Å². The van der Waals surface area contributed by atoms with Crippen LogP contribution in [0.2, 0.25) is 0 Å². The van der Waals surface area contributed by atoms with Gasteiger partial charge in [0.25, 0.3) is 0 Å². The van der Waals surface area contributed by atoms with E-state index >= 15 is 0 Å². The van der Waals surface area contributed by atoms with Crippen LogP contribution in [0.5, 0.6) is 0 Å². The number of likely N-dealkylation sites (tertiary alicyclic amines) is 1. The third kappa shape index (κ3) is 3.35. The normalized spacial score (nSPS) is 28.1. The minimum absolute atomic E-state index is 0.214. The van der Waals surface area contributed by atoms with E-state index in [9.17, 15) is 0 Å². The second-order valence-corrected chi connectivity index (χ2v) is 10.6. The topological polar surface area (TPSA) is 24.9 Å². The van der Waals surface area contributed by atoms with E-state index < -0.39 is 5.72 Å². The van der Waals surface area contributed by atoms with Crippen molar-refractivity contribution in [2.24, 2.45) is 5.41 Å². The maximum atomic E-state index is 6.88. The third-order valence-corrected chi connectivity index (χ3v) is 8.68. The Morgan fingerprint density at radius 2 is 1.63 bits per heavy atom. The molecule has 2 saturated heterocycles. The lowest BCUT2D eigenvalue weighted by Gasteiger charge is -2.64. The molecule has 4 aliphatic rings. The van der Waals surface area contributed by atoms with Crippen LogP contribution in [0.3, 0.4) is 0 Å². The third-order valence-electron chi connectivity index (χ3n) is 8.31. The van der Waals surface area contributed by atoms with Gasteiger partial charge >= 0.3 is 0 Å². The van der Waals surface area contributed by atoms with Crippen LogP contribution in [0.15, 0.2) is 71.8 Å². The molecule has 0 saturated carbocycles. The molecule has 2 aromatic carbocycles. The summed E-state index contributed by atoms with van der Waals surface area (Å²) >= 11 is 5.90. The second kappa shape index (κ2) is 8.88. The number of rotatable bonds is 6. The van der Waals surface area contributed by atoms with E-state index in [1.807, 2.05) is 6.92 Å². The summed E-state index contributed by atoms with van der Waals surface area (Å²) in [5, 5.41) is 0.619. The lowest BCUT2D eigenvalue weighted by atomic mass is 9.51. The Balaban J connectivity index is 1.55. The van der Waals surface area contributed by atoms with Crippen molar-refractivity contribution in [3.05, 3.63) is 82.9 Å². The molecule has 35 heavy (non-hydrogen) atoms. The Kier molecular flexibility index (Phi) is 5.82. The summed E-state index contributed by atoms with van der Waals surface area (Å²) in [6, 6.07) is 21.6. The SMILES string of the molecule is CCOC(=S)C1=C(c2ccccc2)N2CCOC23C(CN2CCCC2)=C(c2ccccc2)C3(C)C1. The van der Waals surface area contributed by atoms with Crippen LogP contribution >= 0.6 is 12.2 Å². The van der Waals surface area contributed by atoms with Crippen molar-refractivity contribution in [2.75, 3.05) is 39.4 Å². The molecule has 0 bridgehead atoms. The highest BCUT2D eigenvalue weighted by Crippen LogP contribution is 2.69. The molecule has 2 fully saturated rings. The molecule has 5 heteroatoms. The largest absolute Gasteiger partial charge is 0.483 e. The maximum absolute atomic E-state index is 6.88. The smallest absolute Gasteiger partial charge is 0.189 e. The first kappa shape index (κ1) is 23.0. The maximum Gasteiger partial charge on any atom is 0.189 e. The fourth-order valence-electron chi connectivity index (χ4n) is 7.01. The summed E-state index contributed by atoms with van der Waals surface area (Å²) in [6.07, 6.45) is 3.37. The second-order valence-electron chi connectivity index (χ2n) is 10.3. The van der Waals surface area contributed by atoms with Gasteiger partial charge in [-0.15, -0.1) is 0 Å². The minimum Gasteiger partial charge on any atom is -0.483 e. The van der Waals surface area contributed by atoms with Crippen molar-refractivity contribution in [1.29, 1.82) is 0 Å². The number of benzene rings is 2. The van der Waals surface area contributed by atoms with Crippen molar-refractivity contribution in [2.45, 2.75) is 38.8 Å². The first-order chi connectivity index (χ1) is 17.1. The molecular formula is C30H34N2O2S. The van der Waals surface area contributed by atoms with Gasteiger partial charge in [0, 0.05) is 29.7 Å². The molecule has 0 N–H and O–H groups in total. The minimum atomic E-state index is -0.447. The highest BCUT2D eigenvalue weighted by atomic mass is 32.1. The summed E-state index contributed by atoms with van der Waals surface area (Å²) in [6.45, 7) is 9.83. The van der Waals surface area contributed by atoms with E-state index in [1.54, 1.807) is 0 Å². The van der Waals surface area contributed by atoms with E-state index in [1.165, 1.54) is 53.9 Å². The zero-order valence-corrected chi connectivity index (χ0v) is 21.6. The number of ether oxygens (including phenoxy) is 2. The van der Waals surface area contributed by atoms with E-state index in [2.05, 4.69) is 77.4 Å². The average molecular weight is 487 g/mol. The lowest BCUT2D eigenvalue weighted by molar-refractivity contribution is -0.125. The monoisotopic (exact) mass is 486 g/mol. The molecule has 6 rings (SSSR count). The van der Waals surface area contributed by atoms with Crippen LogP contribution < -0.4 is 0 Å². The van der Waals surface area contributed by atoms with Gasteiger partial charge in [0.2, 0.25) is 0 Å². The predicted molar refractivity (Wildman–Crippen MR) is 145 cm³/mol. The molecule has 182 valence electrons. The Hall–Kier alpha value is -2.47. The quantitative estimate of drug-likeness (QED) is 0.483. The van der Waals surface area contributed by atoms with Gasteiger partial charge in [-0.05, 0) is 68.2 Å². The van der Waals surface area contributed by atoms with Crippen molar-refractivity contribution < 1.29 is 9.47 Å². The zero-order chi connectivity index (χ0) is 24.0. The van der Waals surface area contributed by atoms with E-state index in [0.717, 1.165) is 25.1 Å². The molecule has 2 aromatic rings. The van der Waals surface area contributed by atoms with Crippen molar-refractivity contribution in [3.8, 4) is 0 Å². The summed E-state index contributed by atoms with van der Waals surface area (Å²) in [5.74, 6) is 0. The molecular weight excluding hydrogens is 452 g/mol. The van der Waals surface area contributed by atoms with Crippen molar-refractivity contribution in [3.63, 3.8) is 0 Å². The van der Waals surface area contributed by atoms with E-state index in [4.69, 9.17) is 21.7 Å². The zero-order valence-electron chi connectivity index (χ0n) is 20.8. The molecule has 4 nitrogen and oxygen atoms in total. The van der Waals surface area contributed by atoms with Gasteiger partial charge in [0.05, 0.1) is 18.9 Å². The Labute approximate surface area is 214 Å². The average Bonchev–Trinajstić information content (AvgIpc) is 3.56. The van der Waals surface area contributed by atoms with Gasteiger partial charge in [-0.25, -0.2) is 0 Å². The summed E-state index contributed by atoms with van der Waals surface area (Å²) in [7, 11) is 0. The summed E-state index contributed by atoms with van der Waals surface area (Å²) in [5.41, 5.74) is 7.00. The Morgan fingerprint density at radius 3 is 2.29 bits per heavy atom. The van der Waals surface area contributed by atoms with Crippen LogP contribution in [0.25, 0.3) is 11.3 Å². The molecule has 1 spiro atoms. The van der Waals surface area contributed by atoms with E-state index in [-0.39, 0.29) is 5.41 Å². The van der Waals surface area contributed by atoms with Crippen molar-refractivity contribution >= 4 is 28.5 Å². The molecule has 3 aliphatic heterocycles. The highest BCUT2D eigenvalue weighted by molar-refractivity contribution is 7.80. The van der Waals surface area contributed by atoms with Crippen LogP contribution in [0.1, 0.15) is 44.2 Å². The number of nitrogens with zero attached hydrogens (tertiary/aromatic N) is 2. The Morgan fingerprint density at radius 1 is 0.971 bits per heavy atom. The van der Waals surface area contributed by atoms with Gasteiger partial charge in [-0.1, -0.05) is 67.6 Å². The van der Waals surface area contributed by atoms with Gasteiger partial charge in [-0.2, -0.15) is 0 Å². The summed E-state index contributed by atoms with van der Waals surface area (Å²) in [4.78, 5) is 5.14. The number of hydrogen-bond acceptors (Lipinski definition) is 5. The molecule has 0 amide bonds.